The number of benzene rings is 1. The number of imidazole rings is 1. The van der Waals surface area contributed by atoms with Crippen molar-refractivity contribution in [2.45, 2.75) is 71.3 Å². The largest absolute Gasteiger partial charge is 0.413 e. The molecule has 0 fully saturated rings. The van der Waals surface area contributed by atoms with E-state index in [-0.39, 0.29) is 16.5 Å². The molecule has 1 aliphatic rings. The Morgan fingerprint density at radius 1 is 1.12 bits per heavy atom. The molecule has 4 nitrogen and oxygen atoms in total. The van der Waals surface area contributed by atoms with Crippen LogP contribution in [-0.2, 0) is 10.0 Å². The Bertz CT molecular complexity index is 789. The normalized spacial score (nSPS) is 22.9. The van der Waals surface area contributed by atoms with Gasteiger partial charge < -0.3 is 14.1 Å². The quantitative estimate of drug-likeness (QED) is 0.822. The van der Waals surface area contributed by atoms with Crippen molar-refractivity contribution < 1.29 is 9.53 Å². The minimum absolute atomic E-state index is 0.0328. The lowest BCUT2D eigenvalue weighted by Gasteiger charge is -2.36. The Morgan fingerprint density at radius 3 is 2.35 bits per heavy atom. The topological polar surface area (TPSA) is 47.3 Å². The highest BCUT2D eigenvalue weighted by Gasteiger charge is 2.48. The summed E-state index contributed by atoms with van der Waals surface area (Å²) >= 11 is 0. The van der Waals surface area contributed by atoms with Crippen molar-refractivity contribution in [1.82, 2.24) is 9.55 Å². The van der Waals surface area contributed by atoms with Gasteiger partial charge in [0, 0.05) is 5.41 Å². The van der Waals surface area contributed by atoms with Crippen molar-refractivity contribution in [3.63, 3.8) is 0 Å². The second-order valence-corrected chi connectivity index (χ2v) is 12.5. The van der Waals surface area contributed by atoms with E-state index >= 15 is 0 Å². The highest BCUT2D eigenvalue weighted by molar-refractivity contribution is 6.31. The smallest absolute Gasteiger partial charge is 0.168 e. The molecule has 1 aromatic carbocycles. The van der Waals surface area contributed by atoms with Gasteiger partial charge >= 0.3 is 0 Å². The van der Waals surface area contributed by atoms with E-state index < -0.39 is 21.5 Å². The number of rotatable bonds is 4. The van der Waals surface area contributed by atoms with Crippen LogP contribution in [0.4, 0.5) is 0 Å². The van der Waals surface area contributed by atoms with E-state index in [0.717, 1.165) is 11.3 Å². The van der Waals surface area contributed by atoms with Gasteiger partial charge in [0.05, 0.1) is 36.0 Å². The zero-order valence-corrected chi connectivity index (χ0v) is 18.5. The summed E-state index contributed by atoms with van der Waals surface area (Å²) in [5.41, 5.74) is 2.53. The summed E-state index contributed by atoms with van der Waals surface area (Å²) in [6.45, 7) is 15.2. The van der Waals surface area contributed by atoms with Crippen molar-refractivity contribution in [3.05, 3.63) is 53.6 Å². The molecule has 142 valence electrons. The summed E-state index contributed by atoms with van der Waals surface area (Å²) in [7, 11) is -0.702. The molecule has 0 spiro atoms. The molecule has 0 bridgehead atoms. The summed E-state index contributed by atoms with van der Waals surface area (Å²) in [6.07, 6.45) is 3.31. The van der Waals surface area contributed by atoms with Crippen molar-refractivity contribution in [1.29, 1.82) is 0 Å². The van der Waals surface area contributed by atoms with Gasteiger partial charge in [-0.05, 0) is 30.0 Å². The molecule has 0 radical (unpaired) electrons. The number of hydrogen-bond acceptors (Lipinski definition) is 3. The Hall–Kier alpha value is -1.43. The molecule has 2 atom stereocenters. The number of nitrogens with zero attached hydrogens (tertiary/aromatic N) is 2. The predicted octanol–water partition coefficient (Wildman–Crippen LogP) is 4.10. The molecule has 1 heterocycles. The van der Waals surface area contributed by atoms with Gasteiger partial charge in [-0.2, -0.15) is 0 Å². The van der Waals surface area contributed by atoms with Crippen molar-refractivity contribution in [2.24, 2.45) is 5.41 Å². The minimum Gasteiger partial charge on any atom is -0.413 e. The van der Waals surface area contributed by atoms with E-state index in [1.165, 1.54) is 5.56 Å². The first-order valence-corrected chi connectivity index (χ1v) is 10.7. The van der Waals surface area contributed by atoms with Gasteiger partial charge in [-0.25, -0.2) is 4.98 Å². The Balaban J connectivity index is 2.03. The number of hydrogen-bond donors (Lipinski definition) is 1. The molecule has 1 aromatic heterocycles. The second-order valence-electron chi connectivity index (χ2n) is 9.80. The fraction of sp³-hybridized carbons (Fsp3) is 0.571. The third kappa shape index (κ3) is 3.28. The van der Waals surface area contributed by atoms with Crippen LogP contribution < -0.4 is 0 Å². The summed E-state index contributed by atoms with van der Waals surface area (Å²) in [6, 6.07) is 8.24. The lowest BCUT2D eigenvalue weighted by molar-refractivity contribution is 0.0356. The molecule has 3 rings (SSSR count). The summed E-state index contributed by atoms with van der Waals surface area (Å²) in [4.78, 5) is 4.46. The lowest BCUT2D eigenvalue weighted by Crippen LogP contribution is -2.34. The molecule has 0 aliphatic heterocycles. The van der Waals surface area contributed by atoms with Crippen molar-refractivity contribution in [2.75, 3.05) is 0 Å². The van der Waals surface area contributed by atoms with Crippen molar-refractivity contribution >= 4 is 9.76 Å². The molecule has 0 saturated carbocycles. The molecule has 26 heavy (non-hydrogen) atoms. The standard InChI is InChI=1S/C21H32N2O2Si/c1-19(2,3)26-25-21(6,7)16-12-22-13-23(16)17-14-10-8-9-11-15(14)18(24)20(17,4)5/h8-13,17-18,24H,26H2,1-7H3. The average Bonchev–Trinajstić information content (AvgIpc) is 3.08. The number of aromatic nitrogens is 2. The van der Waals surface area contributed by atoms with E-state index in [4.69, 9.17) is 4.43 Å². The van der Waals surface area contributed by atoms with Crippen molar-refractivity contribution in [3.8, 4) is 0 Å². The maximum atomic E-state index is 10.9. The summed E-state index contributed by atoms with van der Waals surface area (Å²) in [5, 5.41) is 11.2. The zero-order chi connectivity index (χ0) is 19.3. The zero-order valence-electron chi connectivity index (χ0n) is 17.1. The van der Waals surface area contributed by atoms with E-state index in [1.807, 2.05) is 30.7 Å². The molecule has 0 amide bonds. The van der Waals surface area contributed by atoms with E-state index in [2.05, 4.69) is 64.1 Å². The molecule has 2 aromatic rings. The molecule has 1 N–H and O–H groups in total. The van der Waals surface area contributed by atoms with Crippen LogP contribution in [0, 0.1) is 5.41 Å². The fourth-order valence-corrected chi connectivity index (χ4v) is 4.86. The van der Waals surface area contributed by atoms with Crippen LogP contribution in [0.5, 0.6) is 0 Å². The first-order chi connectivity index (χ1) is 12.0. The molecule has 2 unspecified atom stereocenters. The fourth-order valence-electron chi connectivity index (χ4n) is 3.92. The van der Waals surface area contributed by atoms with Crippen LogP contribution in [0.1, 0.15) is 77.4 Å². The third-order valence-corrected chi connectivity index (χ3v) is 7.15. The molecule has 1 aliphatic carbocycles. The van der Waals surface area contributed by atoms with Crippen LogP contribution in [0.25, 0.3) is 0 Å². The molecular formula is C21H32N2O2Si. The number of aliphatic hydroxyl groups excluding tert-OH is 1. The summed E-state index contributed by atoms with van der Waals surface area (Å²) < 4.78 is 8.65. The van der Waals surface area contributed by atoms with E-state index in [0.29, 0.717) is 0 Å². The molecule has 5 heteroatoms. The van der Waals surface area contributed by atoms with Crippen LogP contribution in [0.15, 0.2) is 36.8 Å². The Labute approximate surface area is 159 Å². The average molecular weight is 373 g/mol. The van der Waals surface area contributed by atoms with Gasteiger partial charge in [0.1, 0.15) is 0 Å². The van der Waals surface area contributed by atoms with Gasteiger partial charge in [-0.3, -0.25) is 0 Å². The maximum Gasteiger partial charge on any atom is 0.168 e. The van der Waals surface area contributed by atoms with Crippen LogP contribution in [0.3, 0.4) is 0 Å². The van der Waals surface area contributed by atoms with Gasteiger partial charge in [0.25, 0.3) is 0 Å². The third-order valence-electron chi connectivity index (χ3n) is 5.42. The SMILES string of the molecule is CC(C)(C)[SiH2]OC(C)(C)c1cncn1C1c2ccccc2C(O)C1(C)C. The highest BCUT2D eigenvalue weighted by atomic mass is 28.2. The van der Waals surface area contributed by atoms with Gasteiger partial charge in [-0.1, -0.05) is 58.9 Å². The van der Waals surface area contributed by atoms with E-state index in [9.17, 15) is 5.11 Å². The maximum absolute atomic E-state index is 10.9. The minimum atomic E-state index is -0.702. The molecular weight excluding hydrogens is 340 g/mol. The number of aliphatic hydroxyl groups is 1. The van der Waals surface area contributed by atoms with Gasteiger partial charge in [0.2, 0.25) is 0 Å². The monoisotopic (exact) mass is 372 g/mol. The second kappa shape index (κ2) is 6.32. The van der Waals surface area contributed by atoms with Gasteiger partial charge in [-0.15, -0.1) is 0 Å². The molecule has 0 saturated heterocycles. The van der Waals surface area contributed by atoms with Crippen LogP contribution in [0.2, 0.25) is 5.04 Å². The Morgan fingerprint density at radius 2 is 1.73 bits per heavy atom. The lowest BCUT2D eigenvalue weighted by atomic mass is 9.82. The van der Waals surface area contributed by atoms with Gasteiger partial charge in [0.15, 0.2) is 9.76 Å². The first kappa shape index (κ1) is 19.3. The first-order valence-electron chi connectivity index (χ1n) is 9.38. The van der Waals surface area contributed by atoms with E-state index in [1.54, 1.807) is 0 Å². The summed E-state index contributed by atoms with van der Waals surface area (Å²) in [5.74, 6) is 0. The highest BCUT2D eigenvalue weighted by Crippen LogP contribution is 2.55. The number of fused-ring (bicyclic) bond motifs is 1. The predicted molar refractivity (Wildman–Crippen MR) is 108 cm³/mol. The van der Waals surface area contributed by atoms with Crippen LogP contribution >= 0.6 is 0 Å². The van der Waals surface area contributed by atoms with Crippen LogP contribution in [-0.4, -0.2) is 24.4 Å². The Kier molecular flexibility index (Phi) is 4.70.